The molecule has 0 spiro atoms. The van der Waals surface area contributed by atoms with Gasteiger partial charge in [0, 0.05) is 11.1 Å². The Balaban J connectivity index is 1.44. The lowest BCUT2D eigenvalue weighted by atomic mass is 10.0. The lowest BCUT2D eigenvalue weighted by Gasteiger charge is -2.10. The Morgan fingerprint density at radius 2 is 1.29 bits per heavy atom. The van der Waals surface area contributed by atoms with E-state index in [9.17, 15) is 9.90 Å². The summed E-state index contributed by atoms with van der Waals surface area (Å²) < 4.78 is 11.3. The molecule has 1 N–H and O–H groups in total. The van der Waals surface area contributed by atoms with Crippen molar-refractivity contribution in [1.82, 2.24) is 0 Å². The summed E-state index contributed by atoms with van der Waals surface area (Å²) in [6.45, 7) is 2.59. The molecule has 4 heteroatoms. The van der Waals surface area contributed by atoms with Gasteiger partial charge in [-0.3, -0.25) is 4.79 Å². The van der Waals surface area contributed by atoms with Gasteiger partial charge in [-0.25, -0.2) is 0 Å². The van der Waals surface area contributed by atoms with Gasteiger partial charge in [-0.15, -0.1) is 0 Å². The molecule has 4 nitrogen and oxygen atoms in total. The average Bonchev–Trinajstić information content (AvgIpc) is 2.72. The molecule has 3 aromatic rings. The van der Waals surface area contributed by atoms with Crippen molar-refractivity contribution in [3.05, 3.63) is 95.6 Å². The van der Waals surface area contributed by atoms with Crippen LogP contribution in [0.2, 0.25) is 0 Å². The van der Waals surface area contributed by atoms with E-state index >= 15 is 0 Å². The van der Waals surface area contributed by atoms with Crippen LogP contribution < -0.4 is 9.47 Å². The Hall–Kier alpha value is -3.11. The zero-order valence-corrected chi connectivity index (χ0v) is 15.9. The van der Waals surface area contributed by atoms with Crippen LogP contribution in [0.15, 0.2) is 78.9 Å². The molecule has 0 aromatic heterocycles. The molecule has 28 heavy (non-hydrogen) atoms. The molecule has 0 fully saturated rings. The van der Waals surface area contributed by atoms with Crippen molar-refractivity contribution in [1.29, 1.82) is 0 Å². The molecule has 0 bridgehead atoms. The number of ketones is 1. The maximum absolute atomic E-state index is 12.4. The van der Waals surface area contributed by atoms with E-state index in [1.165, 1.54) is 0 Å². The van der Waals surface area contributed by atoms with Crippen molar-refractivity contribution in [3.63, 3.8) is 0 Å². The fourth-order valence-electron chi connectivity index (χ4n) is 2.84. The molecule has 0 amide bonds. The minimum atomic E-state index is -0.352. The Morgan fingerprint density at radius 3 is 1.82 bits per heavy atom. The number of aliphatic hydroxyl groups is 1. The number of hydrogen-bond donors (Lipinski definition) is 1. The van der Waals surface area contributed by atoms with Gasteiger partial charge in [-0.1, -0.05) is 42.5 Å². The number of carbonyl (C=O) groups excluding carboxylic acids is 1. The van der Waals surface area contributed by atoms with Crippen LogP contribution in [-0.4, -0.2) is 30.2 Å². The SMILES string of the molecule is CC(O)Cc1ccc(OCCOc2ccc(C(=O)c3ccccc3)cc2)cc1. The normalized spacial score (nSPS) is 11.6. The number of benzene rings is 3. The summed E-state index contributed by atoms with van der Waals surface area (Å²) in [5.41, 5.74) is 2.37. The summed E-state index contributed by atoms with van der Waals surface area (Å²) in [5, 5.41) is 9.40. The number of carbonyl (C=O) groups is 1. The van der Waals surface area contributed by atoms with Crippen LogP contribution in [0.25, 0.3) is 0 Å². The molecule has 1 unspecified atom stereocenters. The van der Waals surface area contributed by atoms with Gasteiger partial charge in [0.05, 0.1) is 6.10 Å². The van der Waals surface area contributed by atoms with Crippen molar-refractivity contribution in [2.24, 2.45) is 0 Å². The first-order valence-corrected chi connectivity index (χ1v) is 9.34. The topological polar surface area (TPSA) is 55.8 Å². The molecule has 0 heterocycles. The number of rotatable bonds is 9. The van der Waals surface area contributed by atoms with Gasteiger partial charge in [-0.2, -0.15) is 0 Å². The fraction of sp³-hybridized carbons (Fsp3) is 0.208. The largest absolute Gasteiger partial charge is 0.490 e. The summed E-state index contributed by atoms with van der Waals surface area (Å²) in [6.07, 6.45) is 0.279. The number of ether oxygens (including phenoxy) is 2. The molecule has 0 saturated heterocycles. The van der Waals surface area contributed by atoms with Gasteiger partial charge in [0.15, 0.2) is 5.78 Å². The molecule has 3 aromatic carbocycles. The zero-order valence-electron chi connectivity index (χ0n) is 15.9. The quantitative estimate of drug-likeness (QED) is 0.447. The predicted molar refractivity (Wildman–Crippen MR) is 109 cm³/mol. The second kappa shape index (κ2) is 9.72. The van der Waals surface area contributed by atoms with Crippen molar-refractivity contribution in [3.8, 4) is 11.5 Å². The van der Waals surface area contributed by atoms with Crippen molar-refractivity contribution in [2.75, 3.05) is 13.2 Å². The Kier molecular flexibility index (Phi) is 6.82. The minimum Gasteiger partial charge on any atom is -0.490 e. The van der Waals surface area contributed by atoms with Crippen LogP contribution in [0.3, 0.4) is 0 Å². The van der Waals surface area contributed by atoms with Gasteiger partial charge < -0.3 is 14.6 Å². The predicted octanol–water partition coefficient (Wildman–Crippen LogP) is 4.30. The van der Waals surface area contributed by atoms with Crippen LogP contribution in [0.5, 0.6) is 11.5 Å². The third-order valence-corrected chi connectivity index (χ3v) is 4.23. The van der Waals surface area contributed by atoms with Gasteiger partial charge in [-0.05, 0) is 55.3 Å². The standard InChI is InChI=1S/C24H24O4/c1-18(25)17-19-7-11-22(12-8-19)27-15-16-28-23-13-9-21(10-14-23)24(26)20-5-3-2-4-6-20/h2-14,18,25H,15-17H2,1H3. The first-order valence-electron chi connectivity index (χ1n) is 9.34. The lowest BCUT2D eigenvalue weighted by molar-refractivity contribution is 0.103. The highest BCUT2D eigenvalue weighted by molar-refractivity contribution is 6.08. The fourth-order valence-corrected chi connectivity index (χ4v) is 2.84. The van der Waals surface area contributed by atoms with Crippen LogP contribution in [-0.2, 0) is 6.42 Å². The van der Waals surface area contributed by atoms with Gasteiger partial charge >= 0.3 is 0 Å². The molecular weight excluding hydrogens is 352 g/mol. The molecule has 1 atom stereocenters. The Labute approximate surface area is 165 Å². The average molecular weight is 376 g/mol. The maximum atomic E-state index is 12.4. The molecule has 144 valence electrons. The van der Waals surface area contributed by atoms with Crippen LogP contribution in [0.1, 0.15) is 28.4 Å². The van der Waals surface area contributed by atoms with Crippen LogP contribution >= 0.6 is 0 Å². The van der Waals surface area contributed by atoms with E-state index in [0.29, 0.717) is 36.5 Å². The highest BCUT2D eigenvalue weighted by atomic mass is 16.5. The van der Waals surface area contributed by atoms with E-state index in [2.05, 4.69) is 0 Å². The summed E-state index contributed by atoms with van der Waals surface area (Å²) in [6, 6.07) is 24.0. The van der Waals surface area contributed by atoms with Crippen molar-refractivity contribution < 1.29 is 19.4 Å². The van der Waals surface area contributed by atoms with Crippen molar-refractivity contribution >= 4 is 5.78 Å². The lowest BCUT2D eigenvalue weighted by Crippen LogP contribution is -2.09. The third kappa shape index (κ3) is 5.69. The van der Waals surface area contributed by atoms with E-state index in [-0.39, 0.29) is 11.9 Å². The first-order chi connectivity index (χ1) is 13.6. The van der Waals surface area contributed by atoms with E-state index in [1.54, 1.807) is 43.3 Å². The van der Waals surface area contributed by atoms with Gasteiger partial charge in [0.1, 0.15) is 24.7 Å². The minimum absolute atomic E-state index is 0.00507. The summed E-state index contributed by atoms with van der Waals surface area (Å²) >= 11 is 0. The Morgan fingerprint density at radius 1 is 0.786 bits per heavy atom. The Bertz CT molecular complexity index is 869. The monoisotopic (exact) mass is 376 g/mol. The highest BCUT2D eigenvalue weighted by Crippen LogP contribution is 2.16. The zero-order chi connectivity index (χ0) is 19.8. The second-order valence-corrected chi connectivity index (χ2v) is 6.61. The van der Waals surface area contributed by atoms with Crippen molar-refractivity contribution in [2.45, 2.75) is 19.4 Å². The summed E-state index contributed by atoms with van der Waals surface area (Å²) in [5.74, 6) is 1.46. The van der Waals surface area contributed by atoms with E-state index in [4.69, 9.17) is 9.47 Å². The molecule has 0 aliphatic heterocycles. The van der Waals surface area contributed by atoms with Crippen LogP contribution in [0.4, 0.5) is 0 Å². The smallest absolute Gasteiger partial charge is 0.193 e. The highest BCUT2D eigenvalue weighted by Gasteiger charge is 2.08. The molecule has 3 rings (SSSR count). The second-order valence-electron chi connectivity index (χ2n) is 6.61. The molecule has 0 radical (unpaired) electrons. The molecule has 0 aliphatic rings. The van der Waals surface area contributed by atoms with E-state index < -0.39 is 0 Å². The number of hydrogen-bond acceptors (Lipinski definition) is 4. The van der Waals surface area contributed by atoms with E-state index in [0.717, 1.165) is 11.3 Å². The maximum Gasteiger partial charge on any atom is 0.193 e. The molecule has 0 aliphatic carbocycles. The first kappa shape index (κ1) is 19.6. The van der Waals surface area contributed by atoms with E-state index in [1.807, 2.05) is 42.5 Å². The summed E-state index contributed by atoms with van der Waals surface area (Å²) in [7, 11) is 0. The van der Waals surface area contributed by atoms with Crippen LogP contribution in [0, 0.1) is 0 Å². The molecular formula is C24H24O4. The third-order valence-electron chi connectivity index (χ3n) is 4.23. The van der Waals surface area contributed by atoms with Gasteiger partial charge in [0.25, 0.3) is 0 Å². The summed E-state index contributed by atoms with van der Waals surface area (Å²) in [4.78, 5) is 12.4. The number of aliphatic hydroxyl groups excluding tert-OH is 1. The molecule has 0 saturated carbocycles. The van der Waals surface area contributed by atoms with Gasteiger partial charge in [0.2, 0.25) is 0 Å².